The van der Waals surface area contributed by atoms with E-state index < -0.39 is 0 Å². The van der Waals surface area contributed by atoms with E-state index in [0.717, 1.165) is 11.4 Å². The molecular weight excluding hydrogens is 192 g/mol. The summed E-state index contributed by atoms with van der Waals surface area (Å²) in [5.41, 5.74) is 1.52. The van der Waals surface area contributed by atoms with E-state index in [0.29, 0.717) is 6.61 Å². The van der Waals surface area contributed by atoms with Crippen LogP contribution in [0.4, 0.5) is 0 Å². The first-order chi connectivity index (χ1) is 7.31. The molecule has 0 aliphatic carbocycles. The molecular formula is C11H12N2O2. The van der Waals surface area contributed by atoms with Gasteiger partial charge < -0.3 is 4.74 Å². The standard InChI is InChI=1S/C11H12N2O2/c1-15-8-9-7-11(14)13(12-9)10-5-3-2-4-6-10/h2-7,12H,8H2,1H3. The molecule has 0 amide bonds. The van der Waals surface area contributed by atoms with E-state index in [1.807, 2.05) is 30.3 Å². The highest BCUT2D eigenvalue weighted by atomic mass is 16.5. The zero-order valence-electron chi connectivity index (χ0n) is 8.43. The minimum Gasteiger partial charge on any atom is -0.378 e. The lowest BCUT2D eigenvalue weighted by Crippen LogP contribution is -2.12. The Balaban J connectivity index is 2.41. The second kappa shape index (κ2) is 4.14. The average molecular weight is 204 g/mol. The number of hydrogen-bond acceptors (Lipinski definition) is 2. The van der Waals surface area contributed by atoms with Crippen molar-refractivity contribution in [2.45, 2.75) is 6.61 Å². The lowest BCUT2D eigenvalue weighted by Gasteiger charge is -2.00. The van der Waals surface area contributed by atoms with Gasteiger partial charge in [-0.2, -0.15) is 0 Å². The second-order valence-corrected chi connectivity index (χ2v) is 3.22. The highest BCUT2D eigenvalue weighted by Gasteiger charge is 2.03. The number of aromatic amines is 1. The molecule has 4 nitrogen and oxygen atoms in total. The first-order valence-corrected chi connectivity index (χ1v) is 4.66. The van der Waals surface area contributed by atoms with Crippen LogP contribution in [0.2, 0.25) is 0 Å². The van der Waals surface area contributed by atoms with Gasteiger partial charge in [-0.1, -0.05) is 18.2 Å². The van der Waals surface area contributed by atoms with Gasteiger partial charge in [0.25, 0.3) is 5.56 Å². The highest BCUT2D eigenvalue weighted by molar-refractivity contribution is 5.30. The first-order valence-electron chi connectivity index (χ1n) is 4.66. The van der Waals surface area contributed by atoms with E-state index >= 15 is 0 Å². The Kier molecular flexibility index (Phi) is 2.69. The van der Waals surface area contributed by atoms with Crippen LogP contribution in [0.25, 0.3) is 5.69 Å². The maximum absolute atomic E-state index is 11.6. The fraction of sp³-hybridized carbons (Fsp3) is 0.182. The molecule has 1 N–H and O–H groups in total. The third-order valence-electron chi connectivity index (χ3n) is 2.09. The quantitative estimate of drug-likeness (QED) is 0.819. The van der Waals surface area contributed by atoms with E-state index in [9.17, 15) is 4.79 Å². The van der Waals surface area contributed by atoms with E-state index in [-0.39, 0.29) is 5.56 Å². The van der Waals surface area contributed by atoms with Crippen molar-refractivity contribution in [2.75, 3.05) is 7.11 Å². The highest BCUT2D eigenvalue weighted by Crippen LogP contribution is 2.03. The Morgan fingerprint density at radius 3 is 2.73 bits per heavy atom. The molecule has 15 heavy (non-hydrogen) atoms. The number of ether oxygens (including phenoxy) is 1. The van der Waals surface area contributed by atoms with Crippen molar-refractivity contribution in [3.8, 4) is 5.69 Å². The first kappa shape index (κ1) is 9.73. The van der Waals surface area contributed by atoms with Crippen LogP contribution in [0.3, 0.4) is 0 Å². The summed E-state index contributed by atoms with van der Waals surface area (Å²) in [5, 5.41) is 2.98. The summed E-state index contributed by atoms with van der Waals surface area (Å²) < 4.78 is 6.44. The molecule has 4 heteroatoms. The van der Waals surface area contributed by atoms with Crippen molar-refractivity contribution >= 4 is 0 Å². The van der Waals surface area contributed by atoms with Crippen molar-refractivity contribution in [3.63, 3.8) is 0 Å². The molecule has 0 bridgehead atoms. The summed E-state index contributed by atoms with van der Waals surface area (Å²) in [7, 11) is 1.60. The lowest BCUT2D eigenvalue weighted by atomic mass is 10.3. The average Bonchev–Trinajstić information content (AvgIpc) is 2.61. The Morgan fingerprint density at radius 1 is 1.33 bits per heavy atom. The van der Waals surface area contributed by atoms with Crippen LogP contribution in [-0.2, 0) is 11.3 Å². The predicted octanol–water partition coefficient (Wildman–Crippen LogP) is 1.31. The Labute approximate surface area is 87.1 Å². The van der Waals surface area contributed by atoms with Crippen molar-refractivity contribution < 1.29 is 4.74 Å². The van der Waals surface area contributed by atoms with Crippen molar-refractivity contribution in [1.82, 2.24) is 9.78 Å². The molecule has 1 heterocycles. The summed E-state index contributed by atoms with van der Waals surface area (Å²) in [4.78, 5) is 11.6. The van der Waals surface area contributed by atoms with E-state index in [1.54, 1.807) is 7.11 Å². The molecule has 0 atom stereocenters. The summed E-state index contributed by atoms with van der Waals surface area (Å²) >= 11 is 0. The van der Waals surface area contributed by atoms with E-state index in [2.05, 4.69) is 5.10 Å². The molecule has 0 spiro atoms. The number of nitrogens with one attached hydrogen (secondary N) is 1. The Hall–Kier alpha value is -1.81. The van der Waals surface area contributed by atoms with E-state index in [1.165, 1.54) is 10.7 Å². The Bertz CT molecular complexity index is 485. The number of nitrogens with zero attached hydrogens (tertiary/aromatic N) is 1. The SMILES string of the molecule is COCc1cc(=O)n(-c2ccccc2)[nH]1. The number of methoxy groups -OCH3 is 1. The zero-order valence-corrected chi connectivity index (χ0v) is 8.43. The van der Waals surface area contributed by atoms with Crippen LogP contribution < -0.4 is 5.56 Å². The summed E-state index contributed by atoms with van der Waals surface area (Å²) in [6.07, 6.45) is 0. The van der Waals surface area contributed by atoms with Crippen molar-refractivity contribution in [2.24, 2.45) is 0 Å². The topological polar surface area (TPSA) is 47.0 Å². The molecule has 0 saturated heterocycles. The molecule has 0 fully saturated rings. The van der Waals surface area contributed by atoms with Crippen LogP contribution in [0.1, 0.15) is 5.69 Å². The van der Waals surface area contributed by atoms with Crippen molar-refractivity contribution in [3.05, 3.63) is 52.4 Å². The summed E-state index contributed by atoms with van der Waals surface area (Å²) in [6, 6.07) is 11.0. The van der Waals surface area contributed by atoms with Gasteiger partial charge in [0, 0.05) is 13.2 Å². The lowest BCUT2D eigenvalue weighted by molar-refractivity contribution is 0.181. The number of benzene rings is 1. The fourth-order valence-corrected chi connectivity index (χ4v) is 1.44. The van der Waals surface area contributed by atoms with Gasteiger partial charge >= 0.3 is 0 Å². The number of para-hydroxylation sites is 1. The van der Waals surface area contributed by atoms with Gasteiger partial charge in [0.15, 0.2) is 0 Å². The Morgan fingerprint density at radius 2 is 2.07 bits per heavy atom. The van der Waals surface area contributed by atoms with E-state index in [4.69, 9.17) is 4.74 Å². The molecule has 0 unspecified atom stereocenters. The second-order valence-electron chi connectivity index (χ2n) is 3.22. The van der Waals surface area contributed by atoms with Crippen LogP contribution in [0.15, 0.2) is 41.2 Å². The molecule has 0 aliphatic heterocycles. The van der Waals surface area contributed by atoms with Gasteiger partial charge in [-0.15, -0.1) is 0 Å². The van der Waals surface area contributed by atoms with Gasteiger partial charge in [-0.3, -0.25) is 9.89 Å². The van der Waals surface area contributed by atoms with Gasteiger partial charge in [-0.25, -0.2) is 4.68 Å². The monoisotopic (exact) mass is 204 g/mol. The largest absolute Gasteiger partial charge is 0.378 e. The fourth-order valence-electron chi connectivity index (χ4n) is 1.44. The molecule has 0 saturated carbocycles. The maximum Gasteiger partial charge on any atom is 0.271 e. The van der Waals surface area contributed by atoms with Gasteiger partial charge in [0.2, 0.25) is 0 Å². The number of hydrogen-bond donors (Lipinski definition) is 1. The zero-order chi connectivity index (χ0) is 10.7. The molecule has 2 aromatic rings. The molecule has 1 aromatic heterocycles. The number of H-pyrrole nitrogens is 1. The van der Waals surface area contributed by atoms with Gasteiger partial charge in [0.1, 0.15) is 0 Å². The minimum atomic E-state index is -0.0757. The molecule has 0 radical (unpaired) electrons. The van der Waals surface area contributed by atoms with Crippen LogP contribution >= 0.6 is 0 Å². The van der Waals surface area contributed by atoms with Crippen LogP contribution in [0.5, 0.6) is 0 Å². The van der Waals surface area contributed by atoms with Gasteiger partial charge in [0.05, 0.1) is 18.0 Å². The molecule has 1 aromatic carbocycles. The smallest absolute Gasteiger partial charge is 0.271 e. The number of rotatable bonds is 3. The third-order valence-corrected chi connectivity index (χ3v) is 2.09. The normalized spacial score (nSPS) is 10.5. The third kappa shape index (κ3) is 1.99. The summed E-state index contributed by atoms with van der Waals surface area (Å²) in [5.74, 6) is 0. The summed E-state index contributed by atoms with van der Waals surface area (Å²) in [6.45, 7) is 0.412. The molecule has 2 rings (SSSR count). The van der Waals surface area contributed by atoms with Gasteiger partial charge in [-0.05, 0) is 12.1 Å². The maximum atomic E-state index is 11.6. The predicted molar refractivity (Wildman–Crippen MR) is 57.1 cm³/mol. The number of aromatic nitrogens is 2. The minimum absolute atomic E-state index is 0.0757. The molecule has 78 valence electrons. The van der Waals surface area contributed by atoms with Crippen LogP contribution in [-0.4, -0.2) is 16.9 Å². The van der Waals surface area contributed by atoms with Crippen LogP contribution in [0, 0.1) is 0 Å². The van der Waals surface area contributed by atoms with Crippen molar-refractivity contribution in [1.29, 1.82) is 0 Å². The molecule has 0 aliphatic rings.